The van der Waals surface area contributed by atoms with E-state index in [9.17, 15) is 8.42 Å². The molecule has 2 atom stereocenters. The minimum atomic E-state index is -3.10. The van der Waals surface area contributed by atoms with Gasteiger partial charge in [-0.25, -0.2) is 8.42 Å². The third-order valence-corrected chi connectivity index (χ3v) is 5.28. The van der Waals surface area contributed by atoms with Crippen LogP contribution in [0.4, 0.5) is 5.69 Å². The minimum absolute atomic E-state index is 0.394. The van der Waals surface area contributed by atoms with Crippen molar-refractivity contribution in [1.29, 1.82) is 0 Å². The van der Waals surface area contributed by atoms with Crippen LogP contribution in [0.2, 0.25) is 0 Å². The van der Waals surface area contributed by atoms with Crippen LogP contribution in [-0.4, -0.2) is 39.8 Å². The van der Waals surface area contributed by atoms with E-state index in [-0.39, 0.29) is 0 Å². The van der Waals surface area contributed by atoms with Gasteiger partial charge in [-0.15, -0.1) is 0 Å². The highest BCUT2D eigenvalue weighted by atomic mass is 32.2. The molecule has 0 aliphatic carbocycles. The topological polar surface area (TPSA) is 49.4 Å². The molecular formula is C14H20N2O2S. The van der Waals surface area contributed by atoms with Gasteiger partial charge in [-0.1, -0.05) is 0 Å². The maximum atomic E-state index is 11.5. The summed E-state index contributed by atoms with van der Waals surface area (Å²) in [6.45, 7) is 2.07. The van der Waals surface area contributed by atoms with E-state index in [0.717, 1.165) is 18.8 Å². The van der Waals surface area contributed by atoms with Crippen LogP contribution in [0.25, 0.3) is 0 Å². The van der Waals surface area contributed by atoms with Crippen molar-refractivity contribution in [3.8, 4) is 0 Å². The van der Waals surface area contributed by atoms with E-state index >= 15 is 0 Å². The van der Waals surface area contributed by atoms with E-state index in [0.29, 0.717) is 17.0 Å². The van der Waals surface area contributed by atoms with E-state index in [1.165, 1.54) is 25.5 Å². The summed E-state index contributed by atoms with van der Waals surface area (Å²) in [5.74, 6) is 0. The lowest BCUT2D eigenvalue weighted by atomic mass is 10.1. The van der Waals surface area contributed by atoms with Crippen molar-refractivity contribution >= 4 is 15.5 Å². The second kappa shape index (κ2) is 4.80. The number of rotatable bonds is 2. The van der Waals surface area contributed by atoms with E-state index in [2.05, 4.69) is 10.2 Å². The number of hydrogen-bond donors (Lipinski definition) is 1. The molecule has 2 heterocycles. The molecule has 3 rings (SSSR count). The predicted molar refractivity (Wildman–Crippen MR) is 76.3 cm³/mol. The molecule has 0 saturated carbocycles. The summed E-state index contributed by atoms with van der Waals surface area (Å²) in [5, 5.41) is 3.65. The molecule has 4 nitrogen and oxygen atoms in total. The molecule has 2 saturated heterocycles. The Bertz CT molecular complexity index is 553. The second-order valence-corrected chi connectivity index (χ2v) is 7.65. The van der Waals surface area contributed by atoms with E-state index in [4.69, 9.17) is 0 Å². The smallest absolute Gasteiger partial charge is 0.175 e. The highest BCUT2D eigenvalue weighted by Gasteiger charge is 2.29. The first-order valence-electron chi connectivity index (χ1n) is 6.83. The molecule has 0 spiro atoms. The molecule has 2 aliphatic rings. The average molecular weight is 280 g/mol. The molecule has 1 N–H and O–H groups in total. The maximum absolute atomic E-state index is 11.5. The van der Waals surface area contributed by atoms with Gasteiger partial charge < -0.3 is 10.2 Å². The van der Waals surface area contributed by atoms with Crippen LogP contribution in [0.1, 0.15) is 19.3 Å². The molecule has 5 heteroatoms. The Morgan fingerprint density at radius 3 is 2.47 bits per heavy atom. The lowest BCUT2D eigenvalue weighted by Crippen LogP contribution is -2.35. The van der Waals surface area contributed by atoms with Crippen molar-refractivity contribution in [3.63, 3.8) is 0 Å². The molecule has 2 bridgehead atoms. The molecule has 1 aromatic carbocycles. The maximum Gasteiger partial charge on any atom is 0.175 e. The molecular weight excluding hydrogens is 260 g/mol. The van der Waals surface area contributed by atoms with Crippen LogP contribution in [0.5, 0.6) is 0 Å². The summed E-state index contributed by atoms with van der Waals surface area (Å²) in [5.41, 5.74) is 1.13. The summed E-state index contributed by atoms with van der Waals surface area (Å²) in [7, 11) is -3.10. The van der Waals surface area contributed by atoms with Crippen LogP contribution in [0.3, 0.4) is 0 Å². The van der Waals surface area contributed by atoms with Gasteiger partial charge in [0, 0.05) is 37.1 Å². The van der Waals surface area contributed by atoms with Gasteiger partial charge in [0.15, 0.2) is 9.84 Å². The van der Waals surface area contributed by atoms with Gasteiger partial charge in [-0.2, -0.15) is 0 Å². The van der Waals surface area contributed by atoms with Gasteiger partial charge in [-0.3, -0.25) is 0 Å². The van der Waals surface area contributed by atoms with Gasteiger partial charge in [-0.05, 0) is 43.5 Å². The first kappa shape index (κ1) is 12.9. The highest BCUT2D eigenvalue weighted by molar-refractivity contribution is 7.90. The van der Waals surface area contributed by atoms with Crippen molar-refractivity contribution in [2.24, 2.45) is 0 Å². The second-order valence-electron chi connectivity index (χ2n) is 5.64. The van der Waals surface area contributed by atoms with Crippen LogP contribution in [0.15, 0.2) is 29.2 Å². The highest BCUT2D eigenvalue weighted by Crippen LogP contribution is 2.25. The molecule has 104 valence electrons. The Morgan fingerprint density at radius 1 is 1.11 bits per heavy atom. The molecule has 1 aromatic rings. The standard InChI is InChI=1S/C14H20N2O2S/c1-19(17,18)14-6-4-13(5-7-14)16-9-8-11-2-3-12(10-16)15-11/h4-7,11-12,15H,2-3,8-10H2,1H3. The zero-order valence-electron chi connectivity index (χ0n) is 11.2. The number of sulfone groups is 1. The fourth-order valence-corrected chi connectivity index (χ4v) is 3.71. The van der Waals surface area contributed by atoms with Gasteiger partial charge in [0.1, 0.15) is 0 Å². The first-order valence-corrected chi connectivity index (χ1v) is 8.72. The Hall–Kier alpha value is -1.07. The van der Waals surface area contributed by atoms with Crippen LogP contribution in [0, 0.1) is 0 Å². The number of nitrogens with zero attached hydrogens (tertiary/aromatic N) is 1. The zero-order chi connectivity index (χ0) is 13.5. The average Bonchev–Trinajstić information content (AvgIpc) is 2.68. The Morgan fingerprint density at radius 2 is 1.79 bits per heavy atom. The molecule has 2 aliphatic heterocycles. The normalized spacial score (nSPS) is 27.3. The fraction of sp³-hybridized carbons (Fsp3) is 0.571. The minimum Gasteiger partial charge on any atom is -0.370 e. The molecule has 0 radical (unpaired) electrons. The third-order valence-electron chi connectivity index (χ3n) is 4.15. The summed E-state index contributed by atoms with van der Waals surface area (Å²) in [6.07, 6.45) is 4.97. The lowest BCUT2D eigenvalue weighted by Gasteiger charge is -2.26. The number of hydrogen-bond acceptors (Lipinski definition) is 4. The molecule has 2 unspecified atom stereocenters. The van der Waals surface area contributed by atoms with Crippen molar-refractivity contribution < 1.29 is 8.42 Å². The van der Waals surface area contributed by atoms with E-state index < -0.39 is 9.84 Å². The van der Waals surface area contributed by atoms with E-state index in [1.807, 2.05) is 12.1 Å². The predicted octanol–water partition coefficient (Wildman–Crippen LogP) is 1.42. The zero-order valence-corrected chi connectivity index (χ0v) is 12.0. The van der Waals surface area contributed by atoms with Gasteiger partial charge in [0.25, 0.3) is 0 Å². The number of fused-ring (bicyclic) bond motifs is 2. The Kier molecular flexibility index (Phi) is 3.27. The van der Waals surface area contributed by atoms with Crippen LogP contribution < -0.4 is 10.2 Å². The number of benzene rings is 1. The summed E-state index contributed by atoms with van der Waals surface area (Å²) < 4.78 is 22.9. The molecule has 19 heavy (non-hydrogen) atoms. The van der Waals surface area contributed by atoms with Gasteiger partial charge >= 0.3 is 0 Å². The summed E-state index contributed by atoms with van der Waals surface area (Å²) in [4.78, 5) is 2.76. The molecule has 0 amide bonds. The Balaban J connectivity index is 1.79. The van der Waals surface area contributed by atoms with E-state index in [1.54, 1.807) is 12.1 Å². The number of nitrogens with one attached hydrogen (secondary N) is 1. The van der Waals surface area contributed by atoms with Crippen molar-refractivity contribution in [1.82, 2.24) is 5.32 Å². The quantitative estimate of drug-likeness (QED) is 0.890. The largest absolute Gasteiger partial charge is 0.370 e. The van der Waals surface area contributed by atoms with Crippen molar-refractivity contribution in [3.05, 3.63) is 24.3 Å². The SMILES string of the molecule is CS(=O)(=O)c1ccc(N2CCC3CCC(C2)N3)cc1. The Labute approximate surface area is 114 Å². The summed E-state index contributed by atoms with van der Waals surface area (Å²) in [6, 6.07) is 8.53. The number of anilines is 1. The van der Waals surface area contributed by atoms with Gasteiger partial charge in [0.2, 0.25) is 0 Å². The molecule has 2 fully saturated rings. The summed E-state index contributed by atoms with van der Waals surface area (Å²) >= 11 is 0. The monoisotopic (exact) mass is 280 g/mol. The van der Waals surface area contributed by atoms with Crippen molar-refractivity contribution in [2.75, 3.05) is 24.2 Å². The first-order chi connectivity index (χ1) is 9.02. The van der Waals surface area contributed by atoms with Gasteiger partial charge in [0.05, 0.1) is 4.90 Å². The van der Waals surface area contributed by atoms with Crippen LogP contribution in [-0.2, 0) is 9.84 Å². The molecule has 0 aromatic heterocycles. The lowest BCUT2D eigenvalue weighted by molar-refractivity contribution is 0.563. The fourth-order valence-electron chi connectivity index (χ4n) is 3.08. The van der Waals surface area contributed by atoms with Crippen LogP contribution >= 0.6 is 0 Å². The van der Waals surface area contributed by atoms with Crippen molar-refractivity contribution in [2.45, 2.75) is 36.2 Å². The third kappa shape index (κ3) is 2.77.